The first-order chi connectivity index (χ1) is 13.6. The summed E-state index contributed by atoms with van der Waals surface area (Å²) in [5.41, 5.74) is 0.742. The summed E-state index contributed by atoms with van der Waals surface area (Å²) in [7, 11) is 3.12. The first kappa shape index (κ1) is 19.4. The molecule has 0 saturated heterocycles. The standard InChI is InChI=1S/C21H21NO6/c1-25-12-11-22-18(23)13-27-21-19(24)16-5-3-4-6-17(16)28-20(21)14-7-9-15(26-2)10-8-14/h3-10H,11-13H2,1-2H3,(H,22,23). The third-order valence-electron chi connectivity index (χ3n) is 4.08. The van der Waals surface area contributed by atoms with E-state index < -0.39 is 0 Å². The fourth-order valence-electron chi connectivity index (χ4n) is 2.67. The second-order valence-corrected chi connectivity index (χ2v) is 5.95. The second kappa shape index (κ2) is 9.05. The number of methoxy groups -OCH3 is 2. The minimum atomic E-state index is -0.356. The van der Waals surface area contributed by atoms with Crippen molar-refractivity contribution in [2.45, 2.75) is 0 Å². The Kier molecular flexibility index (Phi) is 6.29. The van der Waals surface area contributed by atoms with Crippen molar-refractivity contribution < 1.29 is 23.4 Å². The maximum absolute atomic E-state index is 13.0. The molecule has 0 aliphatic heterocycles. The van der Waals surface area contributed by atoms with Gasteiger partial charge in [-0.25, -0.2) is 0 Å². The molecular weight excluding hydrogens is 362 g/mol. The van der Waals surface area contributed by atoms with Crippen molar-refractivity contribution in [2.24, 2.45) is 0 Å². The topological polar surface area (TPSA) is 87.0 Å². The van der Waals surface area contributed by atoms with Crippen molar-refractivity contribution in [1.82, 2.24) is 5.32 Å². The summed E-state index contributed by atoms with van der Waals surface area (Å²) in [6.45, 7) is 0.438. The molecule has 1 aromatic heterocycles. The first-order valence-corrected chi connectivity index (χ1v) is 8.72. The van der Waals surface area contributed by atoms with Crippen LogP contribution in [0.1, 0.15) is 0 Å². The van der Waals surface area contributed by atoms with Crippen LogP contribution in [0.25, 0.3) is 22.3 Å². The summed E-state index contributed by atoms with van der Waals surface area (Å²) in [5, 5.41) is 3.03. The normalized spacial score (nSPS) is 10.6. The quantitative estimate of drug-likeness (QED) is 0.602. The van der Waals surface area contributed by atoms with E-state index in [-0.39, 0.29) is 29.5 Å². The number of carbonyl (C=O) groups is 1. The predicted octanol–water partition coefficient (Wildman–Crippen LogP) is 2.61. The van der Waals surface area contributed by atoms with Gasteiger partial charge in [0.15, 0.2) is 12.4 Å². The van der Waals surface area contributed by atoms with Gasteiger partial charge < -0.3 is 23.9 Å². The van der Waals surface area contributed by atoms with Crippen molar-refractivity contribution in [3.8, 4) is 22.8 Å². The van der Waals surface area contributed by atoms with Gasteiger partial charge in [0.1, 0.15) is 11.3 Å². The minimum absolute atomic E-state index is 0.00856. The highest BCUT2D eigenvalue weighted by Crippen LogP contribution is 2.31. The lowest BCUT2D eigenvalue weighted by atomic mass is 10.1. The van der Waals surface area contributed by atoms with E-state index in [0.717, 1.165) is 0 Å². The summed E-state index contributed by atoms with van der Waals surface area (Å²) >= 11 is 0. The van der Waals surface area contributed by atoms with E-state index in [0.29, 0.717) is 35.4 Å². The summed E-state index contributed by atoms with van der Waals surface area (Å²) in [6.07, 6.45) is 0. The molecule has 1 amide bonds. The van der Waals surface area contributed by atoms with Crippen LogP contribution in [0.15, 0.2) is 57.7 Å². The number of ether oxygens (including phenoxy) is 3. The molecule has 0 bridgehead atoms. The molecule has 0 radical (unpaired) electrons. The zero-order valence-corrected chi connectivity index (χ0v) is 15.7. The molecular formula is C21H21NO6. The molecule has 0 unspecified atom stereocenters. The van der Waals surface area contributed by atoms with E-state index in [2.05, 4.69) is 5.32 Å². The highest BCUT2D eigenvalue weighted by atomic mass is 16.5. The monoisotopic (exact) mass is 383 g/mol. The van der Waals surface area contributed by atoms with Gasteiger partial charge in [0.05, 0.1) is 19.1 Å². The van der Waals surface area contributed by atoms with Crippen molar-refractivity contribution in [3.05, 3.63) is 58.8 Å². The van der Waals surface area contributed by atoms with E-state index in [1.165, 1.54) is 0 Å². The van der Waals surface area contributed by atoms with E-state index in [1.807, 2.05) is 0 Å². The Bertz CT molecular complexity index is 1010. The Morgan fingerprint density at radius 1 is 1.07 bits per heavy atom. The van der Waals surface area contributed by atoms with Crippen molar-refractivity contribution >= 4 is 16.9 Å². The Hall–Kier alpha value is -3.32. The number of para-hydroxylation sites is 1. The zero-order chi connectivity index (χ0) is 19.9. The van der Waals surface area contributed by atoms with E-state index in [1.54, 1.807) is 62.8 Å². The molecule has 0 atom stereocenters. The van der Waals surface area contributed by atoms with Crippen LogP contribution in [0.3, 0.4) is 0 Å². The molecule has 0 spiro atoms. The lowest BCUT2D eigenvalue weighted by Gasteiger charge is -2.12. The number of hydrogen-bond acceptors (Lipinski definition) is 6. The smallest absolute Gasteiger partial charge is 0.258 e. The number of hydrogen-bond donors (Lipinski definition) is 1. The summed E-state index contributed by atoms with van der Waals surface area (Å²) < 4.78 is 21.6. The SMILES string of the molecule is COCCNC(=O)COc1c(-c2ccc(OC)cc2)oc2ccccc2c1=O. The number of carbonyl (C=O) groups excluding carboxylic acids is 1. The van der Waals surface area contributed by atoms with E-state index >= 15 is 0 Å². The molecule has 1 heterocycles. The number of amides is 1. The first-order valence-electron chi connectivity index (χ1n) is 8.72. The van der Waals surface area contributed by atoms with Crippen LogP contribution >= 0.6 is 0 Å². The Balaban J connectivity index is 1.97. The maximum Gasteiger partial charge on any atom is 0.258 e. The highest BCUT2D eigenvalue weighted by molar-refractivity contribution is 5.83. The fourth-order valence-corrected chi connectivity index (χ4v) is 2.67. The Morgan fingerprint density at radius 2 is 1.82 bits per heavy atom. The van der Waals surface area contributed by atoms with Crippen LogP contribution in [0.2, 0.25) is 0 Å². The molecule has 7 nitrogen and oxygen atoms in total. The number of rotatable bonds is 8. The predicted molar refractivity (Wildman–Crippen MR) is 105 cm³/mol. The van der Waals surface area contributed by atoms with Gasteiger partial charge in [-0.3, -0.25) is 9.59 Å². The van der Waals surface area contributed by atoms with Gasteiger partial charge in [-0.05, 0) is 36.4 Å². The summed E-state index contributed by atoms with van der Waals surface area (Å²) in [6, 6.07) is 13.9. The largest absolute Gasteiger partial charge is 0.497 e. The molecule has 0 aliphatic carbocycles. The maximum atomic E-state index is 13.0. The van der Waals surface area contributed by atoms with Crippen molar-refractivity contribution in [1.29, 1.82) is 0 Å². The molecule has 0 saturated carbocycles. The molecule has 0 aliphatic rings. The van der Waals surface area contributed by atoms with Crippen LogP contribution < -0.4 is 20.2 Å². The molecule has 7 heteroatoms. The molecule has 1 N–H and O–H groups in total. The van der Waals surface area contributed by atoms with Gasteiger partial charge >= 0.3 is 0 Å². The fraction of sp³-hybridized carbons (Fsp3) is 0.238. The minimum Gasteiger partial charge on any atom is -0.497 e. The summed E-state index contributed by atoms with van der Waals surface area (Å²) in [5.74, 6) is 0.568. The highest BCUT2D eigenvalue weighted by Gasteiger charge is 2.18. The second-order valence-electron chi connectivity index (χ2n) is 5.95. The van der Waals surface area contributed by atoms with Gasteiger partial charge in [0.2, 0.25) is 11.2 Å². The summed E-state index contributed by atoms with van der Waals surface area (Å²) in [4.78, 5) is 24.9. The molecule has 2 aromatic carbocycles. The van der Waals surface area contributed by atoms with Crippen molar-refractivity contribution in [2.75, 3.05) is 34.0 Å². The molecule has 28 heavy (non-hydrogen) atoms. The van der Waals surface area contributed by atoms with Crippen LogP contribution in [-0.2, 0) is 9.53 Å². The average molecular weight is 383 g/mol. The third-order valence-corrected chi connectivity index (χ3v) is 4.08. The molecule has 3 rings (SSSR count). The van der Waals surface area contributed by atoms with Gasteiger partial charge in [-0.1, -0.05) is 12.1 Å². The molecule has 146 valence electrons. The van der Waals surface area contributed by atoms with Gasteiger partial charge in [0, 0.05) is 19.2 Å². The Labute approximate surface area is 161 Å². The van der Waals surface area contributed by atoms with E-state index in [4.69, 9.17) is 18.6 Å². The van der Waals surface area contributed by atoms with Crippen LogP contribution in [0, 0.1) is 0 Å². The zero-order valence-electron chi connectivity index (χ0n) is 15.7. The van der Waals surface area contributed by atoms with Crippen LogP contribution in [-0.4, -0.2) is 39.9 Å². The lowest BCUT2D eigenvalue weighted by molar-refractivity contribution is -0.123. The van der Waals surface area contributed by atoms with Crippen LogP contribution in [0.4, 0.5) is 0 Å². The number of fused-ring (bicyclic) bond motifs is 1. The van der Waals surface area contributed by atoms with Crippen LogP contribution in [0.5, 0.6) is 11.5 Å². The molecule has 0 fully saturated rings. The lowest BCUT2D eigenvalue weighted by Crippen LogP contribution is -2.32. The number of nitrogens with one attached hydrogen (secondary N) is 1. The van der Waals surface area contributed by atoms with Gasteiger partial charge in [0.25, 0.3) is 5.91 Å². The Morgan fingerprint density at radius 3 is 2.54 bits per heavy atom. The third kappa shape index (κ3) is 4.32. The number of benzene rings is 2. The average Bonchev–Trinajstić information content (AvgIpc) is 2.73. The van der Waals surface area contributed by atoms with E-state index in [9.17, 15) is 9.59 Å². The molecule has 3 aromatic rings. The van der Waals surface area contributed by atoms with Crippen molar-refractivity contribution in [3.63, 3.8) is 0 Å². The van der Waals surface area contributed by atoms with Gasteiger partial charge in [-0.15, -0.1) is 0 Å². The van der Waals surface area contributed by atoms with Gasteiger partial charge in [-0.2, -0.15) is 0 Å².